The molecule has 6 heteroatoms. The molecule has 0 saturated carbocycles. The van der Waals surface area contributed by atoms with Gasteiger partial charge in [-0.2, -0.15) is 0 Å². The van der Waals surface area contributed by atoms with Crippen LogP contribution in [0.25, 0.3) is 17.0 Å². The molecule has 1 fully saturated rings. The smallest absolute Gasteiger partial charge is 0.231 e. The third-order valence-corrected chi connectivity index (χ3v) is 5.74. The van der Waals surface area contributed by atoms with Crippen LogP contribution in [0, 0.1) is 0 Å². The average Bonchev–Trinajstić information content (AvgIpc) is 3.23. The van der Waals surface area contributed by atoms with Crippen LogP contribution >= 0.6 is 0 Å². The summed E-state index contributed by atoms with van der Waals surface area (Å²) >= 11 is 0. The van der Waals surface area contributed by atoms with Crippen molar-refractivity contribution >= 4 is 22.8 Å². The van der Waals surface area contributed by atoms with E-state index in [0.717, 1.165) is 29.6 Å². The molecule has 1 N–H and O–H groups in total. The summed E-state index contributed by atoms with van der Waals surface area (Å²) in [6.45, 7) is 3.60. The van der Waals surface area contributed by atoms with Crippen LogP contribution in [0.15, 0.2) is 48.4 Å². The number of quaternary nitrogens is 1. The van der Waals surface area contributed by atoms with Gasteiger partial charge < -0.3 is 24.0 Å². The predicted molar refractivity (Wildman–Crippen MR) is 107 cm³/mol. The molecular formula is C23H22N2O4. The zero-order valence-corrected chi connectivity index (χ0v) is 16.2. The summed E-state index contributed by atoms with van der Waals surface area (Å²) in [6.07, 6.45) is 3.76. The van der Waals surface area contributed by atoms with Gasteiger partial charge in [-0.3, -0.25) is 4.79 Å². The Morgan fingerprint density at radius 1 is 1.17 bits per heavy atom. The predicted octanol–water partition coefficient (Wildman–Crippen LogP) is 1.28. The van der Waals surface area contributed by atoms with Crippen molar-refractivity contribution in [1.82, 2.24) is 4.57 Å². The molecule has 0 aliphatic carbocycles. The van der Waals surface area contributed by atoms with Crippen LogP contribution in [0.5, 0.6) is 11.5 Å². The maximum atomic E-state index is 13.0. The Morgan fingerprint density at radius 2 is 1.97 bits per heavy atom. The number of morpholine rings is 1. The quantitative estimate of drug-likeness (QED) is 0.685. The van der Waals surface area contributed by atoms with Gasteiger partial charge in [-0.05, 0) is 18.2 Å². The number of para-hydroxylation sites is 1. The molecule has 0 unspecified atom stereocenters. The van der Waals surface area contributed by atoms with E-state index in [1.54, 1.807) is 12.1 Å². The molecule has 0 spiro atoms. The molecule has 1 aromatic heterocycles. The number of aromatic nitrogens is 1. The molecule has 3 aromatic rings. The lowest BCUT2D eigenvalue weighted by Gasteiger charge is -2.26. The van der Waals surface area contributed by atoms with Crippen LogP contribution in [0.3, 0.4) is 0 Å². The van der Waals surface area contributed by atoms with E-state index >= 15 is 0 Å². The Hall–Kier alpha value is -3.09. The van der Waals surface area contributed by atoms with Crippen LogP contribution in [0.1, 0.15) is 21.5 Å². The lowest BCUT2D eigenvalue weighted by Crippen LogP contribution is -3.12. The summed E-state index contributed by atoms with van der Waals surface area (Å²) in [5, 5.41) is 13.6. The van der Waals surface area contributed by atoms with E-state index in [1.165, 1.54) is 11.0 Å². The Kier molecular flexibility index (Phi) is 4.38. The van der Waals surface area contributed by atoms with Gasteiger partial charge in [0.05, 0.1) is 18.8 Å². The zero-order chi connectivity index (χ0) is 20.0. The number of carbonyl (C=O) groups excluding carboxylic acids is 1. The molecule has 0 bridgehead atoms. The summed E-state index contributed by atoms with van der Waals surface area (Å²) in [4.78, 5) is 14.2. The number of Topliss-reactive ketones (excluding diaryl/α,β-unsaturated/α-hetero) is 1. The first kappa shape index (κ1) is 18.0. The van der Waals surface area contributed by atoms with Gasteiger partial charge in [0.2, 0.25) is 5.78 Å². The van der Waals surface area contributed by atoms with Crippen LogP contribution in [-0.2, 0) is 18.3 Å². The average molecular weight is 390 g/mol. The SMILES string of the molecule is Cn1cc(/C=C2/Oc3c(ccc([O-])c3C[NH+]3CCOCC3)C2=O)c2ccccc21. The first-order chi connectivity index (χ1) is 14.1. The van der Waals surface area contributed by atoms with Crippen molar-refractivity contribution in [2.45, 2.75) is 6.54 Å². The van der Waals surface area contributed by atoms with E-state index in [-0.39, 0.29) is 17.3 Å². The Labute approximate surface area is 168 Å². The number of hydrogen-bond acceptors (Lipinski definition) is 4. The molecule has 0 radical (unpaired) electrons. The normalized spacial score (nSPS) is 18.4. The fourth-order valence-corrected chi connectivity index (χ4v) is 4.17. The number of nitrogens with zero attached hydrogens (tertiary/aromatic N) is 1. The minimum Gasteiger partial charge on any atom is -0.872 e. The van der Waals surface area contributed by atoms with Crippen molar-refractivity contribution in [2.24, 2.45) is 7.05 Å². The molecule has 148 valence electrons. The van der Waals surface area contributed by atoms with E-state index in [9.17, 15) is 9.90 Å². The van der Waals surface area contributed by atoms with E-state index in [4.69, 9.17) is 9.47 Å². The second-order valence-corrected chi connectivity index (χ2v) is 7.61. The Balaban J connectivity index is 1.52. The number of nitrogens with one attached hydrogen (secondary N) is 1. The lowest BCUT2D eigenvalue weighted by molar-refractivity contribution is -0.921. The van der Waals surface area contributed by atoms with Gasteiger partial charge in [0.1, 0.15) is 25.4 Å². The minimum atomic E-state index is -0.175. The lowest BCUT2D eigenvalue weighted by atomic mass is 10.0. The number of aryl methyl sites for hydroxylation is 1. The van der Waals surface area contributed by atoms with Gasteiger partial charge in [-0.15, -0.1) is 0 Å². The highest BCUT2D eigenvalue weighted by molar-refractivity contribution is 6.15. The van der Waals surface area contributed by atoms with Gasteiger partial charge >= 0.3 is 0 Å². The first-order valence-corrected chi connectivity index (χ1v) is 9.84. The molecule has 0 atom stereocenters. The fraction of sp³-hybridized carbons (Fsp3) is 0.261. The summed E-state index contributed by atoms with van der Waals surface area (Å²) in [7, 11) is 1.98. The number of carbonyl (C=O) groups is 1. The zero-order valence-electron chi connectivity index (χ0n) is 16.2. The Bertz CT molecular complexity index is 1140. The molecule has 29 heavy (non-hydrogen) atoms. The monoisotopic (exact) mass is 390 g/mol. The van der Waals surface area contributed by atoms with Crippen molar-refractivity contribution in [3.63, 3.8) is 0 Å². The summed E-state index contributed by atoms with van der Waals surface area (Å²) in [5.41, 5.74) is 3.05. The van der Waals surface area contributed by atoms with Crippen LogP contribution < -0.4 is 14.7 Å². The molecule has 6 nitrogen and oxygen atoms in total. The van der Waals surface area contributed by atoms with E-state index in [2.05, 4.69) is 0 Å². The highest BCUT2D eigenvalue weighted by Gasteiger charge is 2.31. The minimum absolute atomic E-state index is 0.0815. The standard InChI is InChI=1S/C23H22N2O4/c1-24-13-15(16-4-2-3-5-19(16)24)12-21-22(27)17-6-7-20(26)18(23(17)29-21)14-25-8-10-28-11-9-25/h2-7,12-13,26H,8-11,14H2,1H3/b21-12+. The second kappa shape index (κ2) is 7.06. The third kappa shape index (κ3) is 3.10. The number of rotatable bonds is 3. The number of benzene rings is 2. The number of ether oxygens (including phenoxy) is 2. The van der Waals surface area contributed by atoms with Crippen molar-refractivity contribution < 1.29 is 24.3 Å². The summed E-state index contributed by atoms with van der Waals surface area (Å²) in [6, 6.07) is 11.1. The van der Waals surface area contributed by atoms with Crippen molar-refractivity contribution in [3.05, 3.63) is 65.0 Å². The molecule has 2 aromatic carbocycles. The molecule has 0 amide bonds. The number of ketones is 1. The number of fused-ring (bicyclic) bond motifs is 2. The van der Waals surface area contributed by atoms with Gasteiger partial charge in [-0.25, -0.2) is 0 Å². The molecule has 5 rings (SSSR count). The largest absolute Gasteiger partial charge is 0.872 e. The fourth-order valence-electron chi connectivity index (χ4n) is 4.17. The van der Waals surface area contributed by atoms with Gasteiger partial charge in [-0.1, -0.05) is 30.0 Å². The van der Waals surface area contributed by atoms with Gasteiger partial charge in [0, 0.05) is 35.3 Å². The Morgan fingerprint density at radius 3 is 2.79 bits per heavy atom. The summed E-state index contributed by atoms with van der Waals surface area (Å²) < 4.78 is 13.4. The number of allylic oxidation sites excluding steroid dienone is 1. The second-order valence-electron chi connectivity index (χ2n) is 7.61. The molecule has 1 saturated heterocycles. The van der Waals surface area contributed by atoms with Gasteiger partial charge in [0.15, 0.2) is 5.76 Å². The van der Waals surface area contributed by atoms with Gasteiger partial charge in [0.25, 0.3) is 0 Å². The topological polar surface area (TPSA) is 68.0 Å². The van der Waals surface area contributed by atoms with Crippen LogP contribution in [0.2, 0.25) is 0 Å². The van der Waals surface area contributed by atoms with E-state index < -0.39 is 0 Å². The molecule has 2 aliphatic heterocycles. The highest BCUT2D eigenvalue weighted by Crippen LogP contribution is 2.38. The highest BCUT2D eigenvalue weighted by atomic mass is 16.5. The maximum absolute atomic E-state index is 13.0. The van der Waals surface area contributed by atoms with Crippen molar-refractivity contribution in [1.29, 1.82) is 0 Å². The number of hydrogen-bond donors (Lipinski definition) is 1. The van der Waals surface area contributed by atoms with Crippen LogP contribution in [0.4, 0.5) is 0 Å². The first-order valence-electron chi connectivity index (χ1n) is 9.84. The van der Waals surface area contributed by atoms with Crippen LogP contribution in [-0.4, -0.2) is 36.7 Å². The maximum Gasteiger partial charge on any atom is 0.231 e. The molecular weight excluding hydrogens is 368 g/mol. The molecule has 2 aliphatic rings. The third-order valence-electron chi connectivity index (χ3n) is 5.74. The van der Waals surface area contributed by atoms with E-state index in [1.807, 2.05) is 42.1 Å². The van der Waals surface area contributed by atoms with E-state index in [0.29, 0.717) is 36.6 Å². The van der Waals surface area contributed by atoms with Crippen molar-refractivity contribution in [3.8, 4) is 11.5 Å². The molecule has 3 heterocycles. The van der Waals surface area contributed by atoms with Crippen molar-refractivity contribution in [2.75, 3.05) is 26.3 Å². The summed E-state index contributed by atoms with van der Waals surface area (Å²) in [5.74, 6) is 0.432.